The minimum atomic E-state index is -0.198. The summed E-state index contributed by atoms with van der Waals surface area (Å²) in [6.07, 6.45) is 11.1. The van der Waals surface area contributed by atoms with E-state index in [1.165, 1.54) is 44.9 Å². The van der Waals surface area contributed by atoms with Gasteiger partial charge in [0.25, 0.3) is 0 Å². The Kier molecular flexibility index (Phi) is 4.31. The Morgan fingerprint density at radius 2 is 1.81 bits per heavy atom. The van der Waals surface area contributed by atoms with Gasteiger partial charge in [-0.1, -0.05) is 40.0 Å². The van der Waals surface area contributed by atoms with Crippen molar-refractivity contribution in [1.29, 1.82) is 0 Å². The summed E-state index contributed by atoms with van der Waals surface area (Å²) in [6, 6.07) is 0.486. The molecule has 3 aliphatic rings. The molecular formula is C18H32N2O. The van der Waals surface area contributed by atoms with Crippen LogP contribution in [-0.4, -0.2) is 28.6 Å². The van der Waals surface area contributed by atoms with Gasteiger partial charge in [0.05, 0.1) is 11.7 Å². The van der Waals surface area contributed by atoms with Crippen LogP contribution in [0.1, 0.15) is 78.6 Å². The van der Waals surface area contributed by atoms with Gasteiger partial charge in [-0.15, -0.1) is 0 Å². The first kappa shape index (κ1) is 15.3. The van der Waals surface area contributed by atoms with E-state index in [9.17, 15) is 4.79 Å². The molecule has 1 spiro atoms. The van der Waals surface area contributed by atoms with E-state index >= 15 is 0 Å². The molecule has 0 radical (unpaired) electrons. The topological polar surface area (TPSA) is 32.3 Å². The average molecular weight is 292 g/mol. The monoisotopic (exact) mass is 292 g/mol. The molecule has 2 aliphatic carbocycles. The van der Waals surface area contributed by atoms with Gasteiger partial charge in [-0.05, 0) is 50.4 Å². The molecule has 2 saturated carbocycles. The number of nitrogens with one attached hydrogen (secondary N) is 1. The maximum Gasteiger partial charge on any atom is 0.244 e. The van der Waals surface area contributed by atoms with Gasteiger partial charge in [0, 0.05) is 6.04 Å². The molecule has 3 fully saturated rings. The fourth-order valence-electron chi connectivity index (χ4n) is 4.84. The third-order valence-electron chi connectivity index (χ3n) is 6.24. The van der Waals surface area contributed by atoms with Crippen molar-refractivity contribution in [2.75, 3.05) is 0 Å². The number of carbonyl (C=O) groups is 1. The van der Waals surface area contributed by atoms with Crippen molar-refractivity contribution in [3.63, 3.8) is 0 Å². The Morgan fingerprint density at radius 1 is 1.19 bits per heavy atom. The molecule has 1 unspecified atom stereocenters. The van der Waals surface area contributed by atoms with E-state index in [2.05, 4.69) is 31.0 Å². The van der Waals surface area contributed by atoms with Gasteiger partial charge < -0.3 is 4.90 Å². The Labute approximate surface area is 129 Å². The Hall–Kier alpha value is -0.570. The fourth-order valence-corrected chi connectivity index (χ4v) is 4.84. The van der Waals surface area contributed by atoms with Crippen molar-refractivity contribution in [3.8, 4) is 0 Å². The molecule has 1 N–H and O–H groups in total. The molecule has 1 amide bonds. The molecule has 0 aromatic rings. The molecule has 0 aromatic heterocycles. The van der Waals surface area contributed by atoms with Crippen LogP contribution < -0.4 is 5.32 Å². The van der Waals surface area contributed by atoms with Gasteiger partial charge in [-0.3, -0.25) is 10.1 Å². The van der Waals surface area contributed by atoms with Gasteiger partial charge >= 0.3 is 0 Å². The molecule has 1 heterocycles. The van der Waals surface area contributed by atoms with Crippen molar-refractivity contribution >= 4 is 5.91 Å². The number of rotatable bonds is 3. The molecule has 21 heavy (non-hydrogen) atoms. The molecule has 0 bridgehead atoms. The summed E-state index contributed by atoms with van der Waals surface area (Å²) in [5.74, 6) is 1.82. The number of nitrogens with zero attached hydrogens (tertiary/aromatic N) is 1. The lowest BCUT2D eigenvalue weighted by atomic mass is 9.83. The molecule has 1 aliphatic heterocycles. The fraction of sp³-hybridized carbons (Fsp3) is 0.944. The first-order valence-corrected chi connectivity index (χ1v) is 9.18. The van der Waals surface area contributed by atoms with E-state index in [4.69, 9.17) is 0 Å². The van der Waals surface area contributed by atoms with E-state index in [0.717, 1.165) is 18.8 Å². The van der Waals surface area contributed by atoms with Gasteiger partial charge in [0.1, 0.15) is 0 Å². The van der Waals surface area contributed by atoms with Crippen molar-refractivity contribution < 1.29 is 4.79 Å². The second-order valence-corrected chi connectivity index (χ2v) is 7.92. The molecule has 0 aromatic carbocycles. The minimum absolute atomic E-state index is 0.198. The summed E-state index contributed by atoms with van der Waals surface area (Å²) in [6.45, 7) is 6.81. The molecule has 3 nitrogen and oxygen atoms in total. The summed E-state index contributed by atoms with van der Waals surface area (Å²) in [4.78, 5) is 15.4. The lowest BCUT2D eigenvalue weighted by Gasteiger charge is -2.38. The number of hydrogen-bond donors (Lipinski definition) is 1. The first-order valence-electron chi connectivity index (χ1n) is 9.18. The molecule has 3 rings (SSSR count). The predicted molar refractivity (Wildman–Crippen MR) is 85.8 cm³/mol. The summed E-state index contributed by atoms with van der Waals surface area (Å²) >= 11 is 0. The lowest BCUT2D eigenvalue weighted by molar-refractivity contribution is -0.136. The van der Waals surface area contributed by atoms with Gasteiger partial charge in [-0.2, -0.15) is 0 Å². The number of carbonyl (C=O) groups excluding carboxylic acids is 1. The Balaban J connectivity index is 1.77. The molecule has 3 heteroatoms. The van der Waals surface area contributed by atoms with Gasteiger partial charge in [0.15, 0.2) is 0 Å². The first-order chi connectivity index (χ1) is 10.1. The van der Waals surface area contributed by atoms with Gasteiger partial charge in [0.2, 0.25) is 5.91 Å². The molecule has 1 saturated heterocycles. The summed E-state index contributed by atoms with van der Waals surface area (Å²) in [5, 5.41) is 3.76. The highest BCUT2D eigenvalue weighted by molar-refractivity contribution is 5.89. The predicted octanol–water partition coefficient (Wildman–Crippen LogP) is 3.68. The zero-order valence-electron chi connectivity index (χ0n) is 14.0. The van der Waals surface area contributed by atoms with Crippen molar-refractivity contribution in [2.45, 2.75) is 96.3 Å². The van der Waals surface area contributed by atoms with Gasteiger partial charge in [-0.25, -0.2) is 0 Å². The zero-order valence-corrected chi connectivity index (χ0v) is 14.0. The third kappa shape index (κ3) is 2.62. The van der Waals surface area contributed by atoms with E-state index in [-0.39, 0.29) is 11.7 Å². The van der Waals surface area contributed by atoms with Crippen LogP contribution in [0.3, 0.4) is 0 Å². The smallest absolute Gasteiger partial charge is 0.244 e. The van der Waals surface area contributed by atoms with Crippen molar-refractivity contribution in [3.05, 3.63) is 0 Å². The third-order valence-corrected chi connectivity index (χ3v) is 6.24. The van der Waals surface area contributed by atoms with Crippen LogP contribution in [0.4, 0.5) is 0 Å². The highest BCUT2D eigenvalue weighted by atomic mass is 16.2. The van der Waals surface area contributed by atoms with Crippen LogP contribution in [-0.2, 0) is 4.79 Å². The summed E-state index contributed by atoms with van der Waals surface area (Å²) < 4.78 is 0. The summed E-state index contributed by atoms with van der Waals surface area (Å²) in [5.41, 5.74) is -0.198. The molecule has 1 atom stereocenters. The molecule has 120 valence electrons. The van der Waals surface area contributed by atoms with E-state index in [1.807, 2.05) is 0 Å². The minimum Gasteiger partial charge on any atom is -0.322 e. The normalized spacial score (nSPS) is 36.1. The van der Waals surface area contributed by atoms with E-state index in [0.29, 0.717) is 17.9 Å². The Bertz CT molecular complexity index is 379. The average Bonchev–Trinajstić information content (AvgIpc) is 3.07. The van der Waals surface area contributed by atoms with Crippen LogP contribution in [0.15, 0.2) is 0 Å². The Morgan fingerprint density at radius 3 is 2.33 bits per heavy atom. The number of amides is 1. The zero-order chi connectivity index (χ0) is 15.0. The maximum absolute atomic E-state index is 13.2. The summed E-state index contributed by atoms with van der Waals surface area (Å²) in [7, 11) is 0. The number of hydrogen-bond acceptors (Lipinski definition) is 2. The van der Waals surface area contributed by atoms with Crippen LogP contribution >= 0.6 is 0 Å². The van der Waals surface area contributed by atoms with Crippen LogP contribution in [0, 0.1) is 11.8 Å². The van der Waals surface area contributed by atoms with E-state index in [1.54, 1.807) is 0 Å². The second-order valence-electron chi connectivity index (χ2n) is 7.92. The van der Waals surface area contributed by atoms with Crippen LogP contribution in [0.25, 0.3) is 0 Å². The lowest BCUT2D eigenvalue weighted by Crippen LogP contribution is -2.48. The largest absolute Gasteiger partial charge is 0.322 e. The maximum atomic E-state index is 13.2. The second kappa shape index (κ2) is 5.91. The quantitative estimate of drug-likeness (QED) is 0.860. The van der Waals surface area contributed by atoms with Crippen molar-refractivity contribution in [1.82, 2.24) is 10.2 Å². The molecular weight excluding hydrogens is 260 g/mol. The van der Waals surface area contributed by atoms with Crippen molar-refractivity contribution in [2.24, 2.45) is 11.8 Å². The highest BCUT2D eigenvalue weighted by Crippen LogP contribution is 2.41. The SMILES string of the molecule is CCC1CCC(N2C(=O)C3(CCCC3)NC2C(C)C)CC1. The van der Waals surface area contributed by atoms with E-state index < -0.39 is 0 Å². The van der Waals surface area contributed by atoms with Crippen LogP contribution in [0.5, 0.6) is 0 Å². The standard InChI is InChI=1S/C18H32N2O/c1-4-14-7-9-15(10-8-14)20-16(13(2)3)19-18(17(20)21)11-5-6-12-18/h13-16,19H,4-12H2,1-3H3. The highest BCUT2D eigenvalue weighted by Gasteiger charge is 2.54. The van der Waals surface area contributed by atoms with Crippen LogP contribution in [0.2, 0.25) is 0 Å².